The Morgan fingerprint density at radius 3 is 2.70 bits per heavy atom. The van der Waals surface area contributed by atoms with Crippen molar-refractivity contribution < 1.29 is 9.53 Å². The number of ether oxygens (including phenoxy) is 1. The Labute approximate surface area is 121 Å². The number of amides is 1. The van der Waals surface area contributed by atoms with Gasteiger partial charge in [-0.3, -0.25) is 4.79 Å². The van der Waals surface area contributed by atoms with Crippen LogP contribution in [0.4, 0.5) is 11.4 Å². The summed E-state index contributed by atoms with van der Waals surface area (Å²) in [5.41, 5.74) is 6.98. The van der Waals surface area contributed by atoms with Gasteiger partial charge in [0.15, 0.2) is 0 Å². The molecule has 0 saturated carbocycles. The summed E-state index contributed by atoms with van der Waals surface area (Å²) in [7, 11) is 0. The largest absolute Gasteiger partial charge is 0.399 e. The van der Waals surface area contributed by atoms with Crippen LogP contribution in [-0.2, 0) is 9.53 Å². The van der Waals surface area contributed by atoms with E-state index in [0.717, 1.165) is 6.42 Å². The van der Waals surface area contributed by atoms with E-state index in [4.69, 9.17) is 10.5 Å². The Balaban J connectivity index is 2.03. The van der Waals surface area contributed by atoms with Crippen LogP contribution in [-0.4, -0.2) is 19.1 Å². The van der Waals surface area contributed by atoms with Gasteiger partial charge in [0.1, 0.15) is 6.61 Å². The van der Waals surface area contributed by atoms with Crippen molar-refractivity contribution in [2.45, 2.75) is 45.4 Å². The van der Waals surface area contributed by atoms with Crippen LogP contribution in [0.15, 0.2) is 24.3 Å². The SMILES string of the molecule is CCCCCCCCOCC(=O)Nc1cccc(N)c1. The number of nitrogens with two attached hydrogens (primary N) is 1. The van der Waals surface area contributed by atoms with Gasteiger partial charge in [0, 0.05) is 18.0 Å². The minimum absolute atomic E-state index is 0.101. The number of rotatable bonds is 10. The minimum Gasteiger partial charge on any atom is -0.399 e. The molecule has 4 heteroatoms. The molecule has 0 spiro atoms. The van der Waals surface area contributed by atoms with E-state index in [1.165, 1.54) is 32.1 Å². The van der Waals surface area contributed by atoms with Crippen LogP contribution < -0.4 is 11.1 Å². The van der Waals surface area contributed by atoms with Crippen molar-refractivity contribution in [2.75, 3.05) is 24.3 Å². The van der Waals surface area contributed by atoms with Gasteiger partial charge < -0.3 is 15.8 Å². The zero-order valence-corrected chi connectivity index (χ0v) is 12.4. The second kappa shape index (κ2) is 10.3. The standard InChI is InChI=1S/C16H26N2O2/c1-2-3-4-5-6-7-11-20-13-16(19)18-15-10-8-9-14(17)12-15/h8-10,12H,2-7,11,13,17H2,1H3,(H,18,19). The van der Waals surface area contributed by atoms with Crippen LogP contribution in [0.5, 0.6) is 0 Å². The summed E-state index contributed by atoms with van der Waals surface area (Å²) >= 11 is 0. The first kappa shape index (κ1) is 16.5. The van der Waals surface area contributed by atoms with Gasteiger partial charge in [-0.25, -0.2) is 0 Å². The summed E-state index contributed by atoms with van der Waals surface area (Å²) in [4.78, 5) is 11.6. The fourth-order valence-electron chi connectivity index (χ4n) is 1.96. The van der Waals surface area contributed by atoms with Gasteiger partial charge in [0.05, 0.1) is 0 Å². The number of nitrogen functional groups attached to an aromatic ring is 1. The summed E-state index contributed by atoms with van der Waals surface area (Å²) in [6, 6.07) is 7.13. The number of anilines is 2. The van der Waals surface area contributed by atoms with Crippen LogP contribution in [0, 0.1) is 0 Å². The lowest BCUT2D eigenvalue weighted by atomic mass is 10.1. The Bertz CT molecular complexity index is 394. The van der Waals surface area contributed by atoms with E-state index in [9.17, 15) is 4.79 Å². The van der Waals surface area contributed by atoms with Crippen LogP contribution in [0.25, 0.3) is 0 Å². The average molecular weight is 278 g/mol. The molecule has 0 heterocycles. The predicted molar refractivity (Wildman–Crippen MR) is 83.7 cm³/mol. The van der Waals surface area contributed by atoms with E-state index in [1.54, 1.807) is 12.1 Å². The quantitative estimate of drug-likeness (QED) is 0.508. The van der Waals surface area contributed by atoms with Crippen molar-refractivity contribution in [1.29, 1.82) is 0 Å². The zero-order valence-electron chi connectivity index (χ0n) is 12.4. The molecule has 1 amide bonds. The molecule has 0 radical (unpaired) electrons. The molecule has 0 saturated heterocycles. The average Bonchev–Trinajstić information content (AvgIpc) is 2.42. The lowest BCUT2D eigenvalue weighted by Gasteiger charge is -2.07. The molecule has 0 aliphatic carbocycles. The van der Waals surface area contributed by atoms with Crippen molar-refractivity contribution >= 4 is 17.3 Å². The van der Waals surface area contributed by atoms with Gasteiger partial charge in [-0.05, 0) is 24.6 Å². The summed E-state index contributed by atoms with van der Waals surface area (Å²) in [5.74, 6) is -0.137. The highest BCUT2D eigenvalue weighted by Gasteiger charge is 2.02. The van der Waals surface area contributed by atoms with Gasteiger partial charge in [-0.2, -0.15) is 0 Å². The second-order valence-corrected chi connectivity index (χ2v) is 4.99. The molecule has 4 nitrogen and oxygen atoms in total. The fraction of sp³-hybridized carbons (Fsp3) is 0.562. The van der Waals surface area contributed by atoms with E-state index in [0.29, 0.717) is 18.0 Å². The van der Waals surface area contributed by atoms with Gasteiger partial charge in [-0.1, -0.05) is 45.1 Å². The number of benzene rings is 1. The topological polar surface area (TPSA) is 64.3 Å². The molecule has 1 rings (SSSR count). The molecule has 20 heavy (non-hydrogen) atoms. The first-order chi connectivity index (χ1) is 9.72. The number of carbonyl (C=O) groups is 1. The maximum absolute atomic E-state index is 11.6. The van der Waals surface area contributed by atoms with Crippen molar-refractivity contribution in [3.05, 3.63) is 24.3 Å². The Kier molecular flexibility index (Phi) is 8.47. The van der Waals surface area contributed by atoms with E-state index in [2.05, 4.69) is 12.2 Å². The number of nitrogens with one attached hydrogen (secondary N) is 1. The van der Waals surface area contributed by atoms with Crippen molar-refractivity contribution in [3.8, 4) is 0 Å². The maximum Gasteiger partial charge on any atom is 0.250 e. The summed E-state index contributed by atoms with van der Waals surface area (Å²) in [5, 5.41) is 2.76. The van der Waals surface area contributed by atoms with Gasteiger partial charge in [0.25, 0.3) is 0 Å². The third-order valence-corrected chi connectivity index (χ3v) is 3.05. The third-order valence-electron chi connectivity index (χ3n) is 3.05. The minimum atomic E-state index is -0.137. The lowest BCUT2D eigenvalue weighted by molar-refractivity contribution is -0.120. The summed E-state index contributed by atoms with van der Waals surface area (Å²) in [6.45, 7) is 2.96. The Morgan fingerprint density at radius 2 is 1.95 bits per heavy atom. The van der Waals surface area contributed by atoms with Crippen LogP contribution in [0.3, 0.4) is 0 Å². The van der Waals surface area contributed by atoms with Crippen molar-refractivity contribution in [2.24, 2.45) is 0 Å². The highest BCUT2D eigenvalue weighted by molar-refractivity contribution is 5.92. The lowest BCUT2D eigenvalue weighted by Crippen LogP contribution is -2.18. The fourth-order valence-corrected chi connectivity index (χ4v) is 1.96. The third kappa shape index (κ3) is 7.79. The number of unbranched alkanes of at least 4 members (excludes halogenated alkanes) is 5. The van der Waals surface area contributed by atoms with E-state index >= 15 is 0 Å². The second-order valence-electron chi connectivity index (χ2n) is 4.99. The Hall–Kier alpha value is -1.55. The van der Waals surface area contributed by atoms with Gasteiger partial charge in [0.2, 0.25) is 5.91 Å². The summed E-state index contributed by atoms with van der Waals surface area (Å²) < 4.78 is 5.36. The molecule has 0 bridgehead atoms. The molecule has 1 aromatic rings. The first-order valence-corrected chi connectivity index (χ1v) is 7.45. The predicted octanol–water partition coefficient (Wildman–Crippen LogP) is 3.58. The Morgan fingerprint density at radius 1 is 1.20 bits per heavy atom. The molecule has 0 fully saturated rings. The van der Waals surface area contributed by atoms with E-state index < -0.39 is 0 Å². The van der Waals surface area contributed by atoms with Crippen LogP contribution >= 0.6 is 0 Å². The molecule has 0 aliphatic heterocycles. The molecular weight excluding hydrogens is 252 g/mol. The molecule has 112 valence electrons. The van der Waals surface area contributed by atoms with Crippen molar-refractivity contribution in [3.63, 3.8) is 0 Å². The first-order valence-electron chi connectivity index (χ1n) is 7.45. The van der Waals surface area contributed by atoms with Gasteiger partial charge in [-0.15, -0.1) is 0 Å². The highest BCUT2D eigenvalue weighted by Crippen LogP contribution is 2.11. The van der Waals surface area contributed by atoms with Crippen LogP contribution in [0.1, 0.15) is 45.4 Å². The molecule has 0 unspecified atom stereocenters. The summed E-state index contributed by atoms with van der Waals surface area (Å²) in [6.07, 6.45) is 7.33. The van der Waals surface area contributed by atoms with Gasteiger partial charge >= 0.3 is 0 Å². The van der Waals surface area contributed by atoms with Crippen molar-refractivity contribution in [1.82, 2.24) is 0 Å². The van der Waals surface area contributed by atoms with E-state index in [1.807, 2.05) is 12.1 Å². The van der Waals surface area contributed by atoms with E-state index in [-0.39, 0.29) is 12.5 Å². The molecule has 1 aromatic carbocycles. The smallest absolute Gasteiger partial charge is 0.250 e. The number of hydrogen-bond acceptors (Lipinski definition) is 3. The highest BCUT2D eigenvalue weighted by atomic mass is 16.5. The molecule has 3 N–H and O–H groups in total. The molecule has 0 aromatic heterocycles. The molecule has 0 aliphatic rings. The molecular formula is C16H26N2O2. The normalized spacial score (nSPS) is 10.4. The maximum atomic E-state index is 11.6. The number of carbonyl (C=O) groups excluding carboxylic acids is 1. The molecule has 0 atom stereocenters. The number of hydrogen-bond donors (Lipinski definition) is 2. The van der Waals surface area contributed by atoms with Crippen LogP contribution in [0.2, 0.25) is 0 Å². The zero-order chi connectivity index (χ0) is 14.6. The monoisotopic (exact) mass is 278 g/mol.